The molecular formula is C29H29F2N7O2. The maximum Gasteiger partial charge on any atom is 0.330 e. The Balaban J connectivity index is 0.00000145. The highest BCUT2D eigenvalue weighted by atomic mass is 19.1. The molecule has 0 radical (unpaired) electrons. The quantitative estimate of drug-likeness (QED) is 0.327. The van der Waals surface area contributed by atoms with Crippen LogP contribution in [-0.2, 0) is 6.54 Å². The molecule has 40 heavy (non-hydrogen) atoms. The molecule has 1 atom stereocenters. The summed E-state index contributed by atoms with van der Waals surface area (Å²) in [6.45, 7) is 0.683. The van der Waals surface area contributed by atoms with Gasteiger partial charge in [-0.15, -0.1) is 0 Å². The molecule has 1 fully saturated rings. The second kappa shape index (κ2) is 9.29. The van der Waals surface area contributed by atoms with Crippen LogP contribution >= 0.6 is 0 Å². The van der Waals surface area contributed by atoms with E-state index in [2.05, 4.69) is 15.3 Å². The molecule has 3 aromatic heterocycles. The second-order valence-electron chi connectivity index (χ2n) is 10.0. The molecule has 8 rings (SSSR count). The third-order valence-corrected chi connectivity index (χ3v) is 7.57. The average Bonchev–Trinajstić information content (AvgIpc) is 3.87. The molecule has 0 saturated heterocycles. The fourth-order valence-corrected chi connectivity index (χ4v) is 5.40. The van der Waals surface area contributed by atoms with E-state index in [4.69, 9.17) is 9.72 Å². The lowest BCUT2D eigenvalue weighted by molar-refractivity contribution is 0.238. The highest BCUT2D eigenvalue weighted by molar-refractivity contribution is 5.85. The molecule has 0 spiro atoms. The van der Waals surface area contributed by atoms with Crippen LogP contribution in [0.15, 0.2) is 53.9 Å². The SMILES string of the molecule is C.C.O=c1n(CC2CC2)c2cnc(-n3cnc4ccc(C5=CN5)cc43)nc2n1[C@@H]1CCOc2c(F)ccc(F)c21. The van der Waals surface area contributed by atoms with Crippen molar-refractivity contribution in [3.05, 3.63) is 82.3 Å². The first kappa shape index (κ1) is 25.7. The van der Waals surface area contributed by atoms with Gasteiger partial charge in [-0.05, 0) is 43.0 Å². The van der Waals surface area contributed by atoms with Crippen LogP contribution in [-0.4, -0.2) is 35.3 Å². The number of halogens is 2. The van der Waals surface area contributed by atoms with E-state index in [1.54, 1.807) is 21.7 Å². The zero-order valence-corrected chi connectivity index (χ0v) is 20.1. The largest absolute Gasteiger partial charge is 0.490 e. The Morgan fingerprint density at radius 2 is 1.82 bits per heavy atom. The average molecular weight is 546 g/mol. The highest BCUT2D eigenvalue weighted by Crippen LogP contribution is 2.39. The molecule has 2 aliphatic heterocycles. The molecular weight excluding hydrogens is 516 g/mol. The predicted molar refractivity (Wildman–Crippen MR) is 148 cm³/mol. The summed E-state index contributed by atoms with van der Waals surface area (Å²) in [4.78, 5) is 27.8. The Labute approximate surface area is 228 Å². The second-order valence-corrected chi connectivity index (χ2v) is 10.0. The molecule has 11 heteroatoms. The number of rotatable bonds is 5. The lowest BCUT2D eigenvalue weighted by Gasteiger charge is -2.27. The maximum atomic E-state index is 15.1. The van der Waals surface area contributed by atoms with Gasteiger partial charge in [0.15, 0.2) is 17.2 Å². The summed E-state index contributed by atoms with van der Waals surface area (Å²) < 4.78 is 40.1. The van der Waals surface area contributed by atoms with Crippen LogP contribution in [0.4, 0.5) is 8.78 Å². The Bertz CT molecular complexity index is 1880. The molecule has 9 nitrogen and oxygen atoms in total. The molecule has 1 N–H and O–H groups in total. The normalized spacial score (nSPS) is 17.4. The number of nitrogens with one attached hydrogen (secondary N) is 1. The van der Waals surface area contributed by atoms with E-state index < -0.39 is 17.7 Å². The van der Waals surface area contributed by atoms with Crippen molar-refractivity contribution < 1.29 is 13.5 Å². The van der Waals surface area contributed by atoms with Crippen LogP contribution in [0.5, 0.6) is 5.75 Å². The number of nitrogens with zero attached hydrogens (tertiary/aromatic N) is 6. The van der Waals surface area contributed by atoms with E-state index >= 15 is 4.39 Å². The van der Waals surface area contributed by atoms with Gasteiger partial charge in [0.1, 0.15) is 17.7 Å². The van der Waals surface area contributed by atoms with Gasteiger partial charge in [0.05, 0.1) is 41.1 Å². The zero-order valence-electron chi connectivity index (χ0n) is 20.1. The van der Waals surface area contributed by atoms with Crippen molar-refractivity contribution in [2.75, 3.05) is 6.61 Å². The van der Waals surface area contributed by atoms with Crippen LogP contribution in [0.2, 0.25) is 0 Å². The molecule has 0 amide bonds. The van der Waals surface area contributed by atoms with Crippen LogP contribution < -0.4 is 15.7 Å². The van der Waals surface area contributed by atoms with Crippen LogP contribution in [0.1, 0.15) is 51.3 Å². The predicted octanol–water partition coefficient (Wildman–Crippen LogP) is 5.17. The lowest BCUT2D eigenvalue weighted by Crippen LogP contribution is -2.32. The smallest absolute Gasteiger partial charge is 0.330 e. The summed E-state index contributed by atoms with van der Waals surface area (Å²) in [7, 11) is 0. The number of aromatic nitrogens is 6. The van der Waals surface area contributed by atoms with Crippen molar-refractivity contribution in [1.82, 2.24) is 34.0 Å². The van der Waals surface area contributed by atoms with E-state index in [9.17, 15) is 9.18 Å². The van der Waals surface area contributed by atoms with Crippen molar-refractivity contribution in [2.45, 2.75) is 46.7 Å². The molecule has 2 aromatic carbocycles. The number of ether oxygens (including phenoxy) is 1. The van der Waals surface area contributed by atoms with Crippen LogP contribution in [0.25, 0.3) is 33.8 Å². The van der Waals surface area contributed by atoms with Crippen molar-refractivity contribution in [3.63, 3.8) is 0 Å². The van der Waals surface area contributed by atoms with E-state index in [0.717, 1.165) is 47.3 Å². The van der Waals surface area contributed by atoms with Gasteiger partial charge in [-0.3, -0.25) is 13.7 Å². The monoisotopic (exact) mass is 545 g/mol. The molecule has 5 heterocycles. The van der Waals surface area contributed by atoms with Gasteiger partial charge in [-0.25, -0.2) is 23.5 Å². The fraction of sp³-hybridized carbons (Fsp3) is 0.310. The Kier molecular flexibility index (Phi) is 5.97. The van der Waals surface area contributed by atoms with Crippen molar-refractivity contribution in [3.8, 4) is 11.7 Å². The van der Waals surface area contributed by atoms with Gasteiger partial charge in [0, 0.05) is 24.7 Å². The van der Waals surface area contributed by atoms with Gasteiger partial charge < -0.3 is 10.1 Å². The number of hydrogen-bond acceptors (Lipinski definition) is 6. The number of hydrogen-bond donors (Lipinski definition) is 1. The van der Waals surface area contributed by atoms with E-state index in [1.165, 1.54) is 4.57 Å². The summed E-state index contributed by atoms with van der Waals surface area (Å²) >= 11 is 0. The first-order valence-corrected chi connectivity index (χ1v) is 12.6. The Morgan fingerprint density at radius 3 is 2.60 bits per heavy atom. The Hall–Kier alpha value is -4.54. The summed E-state index contributed by atoms with van der Waals surface area (Å²) in [6.07, 6.45) is 7.60. The third-order valence-electron chi connectivity index (χ3n) is 7.57. The first-order valence-electron chi connectivity index (χ1n) is 12.6. The minimum Gasteiger partial charge on any atom is -0.490 e. The zero-order chi connectivity index (χ0) is 25.5. The summed E-state index contributed by atoms with van der Waals surface area (Å²) in [5.41, 5.74) is 4.29. The van der Waals surface area contributed by atoms with Crippen molar-refractivity contribution in [2.24, 2.45) is 5.92 Å². The molecule has 5 aromatic rings. The minimum absolute atomic E-state index is 0. The molecule has 1 aliphatic carbocycles. The molecule has 0 bridgehead atoms. The Morgan fingerprint density at radius 1 is 1.02 bits per heavy atom. The van der Waals surface area contributed by atoms with Crippen LogP contribution in [0, 0.1) is 17.6 Å². The van der Waals surface area contributed by atoms with E-state index in [1.807, 2.05) is 24.4 Å². The van der Waals surface area contributed by atoms with Gasteiger partial charge in [0.25, 0.3) is 0 Å². The number of fused-ring (bicyclic) bond motifs is 3. The first-order chi connectivity index (χ1) is 18.6. The number of imidazole rings is 2. The maximum absolute atomic E-state index is 15.1. The third kappa shape index (κ3) is 3.87. The highest BCUT2D eigenvalue weighted by Gasteiger charge is 2.34. The van der Waals surface area contributed by atoms with Gasteiger partial charge >= 0.3 is 5.69 Å². The summed E-state index contributed by atoms with van der Waals surface area (Å²) in [5, 5.41) is 3.10. The van der Waals surface area contributed by atoms with Gasteiger partial charge in [-0.1, -0.05) is 20.9 Å². The van der Waals surface area contributed by atoms with Gasteiger partial charge in [0.2, 0.25) is 5.95 Å². The number of benzene rings is 2. The minimum atomic E-state index is -0.772. The molecule has 3 aliphatic rings. The van der Waals surface area contributed by atoms with E-state index in [0.29, 0.717) is 36.0 Å². The molecule has 0 unspecified atom stereocenters. The molecule has 1 saturated carbocycles. The van der Waals surface area contributed by atoms with Crippen LogP contribution in [0.3, 0.4) is 0 Å². The summed E-state index contributed by atoms with van der Waals surface area (Å²) in [5.74, 6) is -0.687. The topological polar surface area (TPSA) is 102 Å². The van der Waals surface area contributed by atoms with Crippen molar-refractivity contribution in [1.29, 1.82) is 0 Å². The van der Waals surface area contributed by atoms with Crippen molar-refractivity contribution >= 4 is 27.9 Å². The van der Waals surface area contributed by atoms with E-state index in [-0.39, 0.29) is 38.5 Å². The fourth-order valence-electron chi connectivity index (χ4n) is 5.40. The summed E-state index contributed by atoms with van der Waals surface area (Å²) in [6, 6.07) is 7.26. The van der Waals surface area contributed by atoms with Gasteiger partial charge in [-0.2, -0.15) is 4.98 Å². The lowest BCUT2D eigenvalue weighted by atomic mass is 9.99. The standard InChI is InChI=1S/C27H21F2N7O2.2CH4/c28-16-4-5-17(29)24-23(16)20(7-8-38-24)36-25-22(34(27(36)37)12-14-1-2-14)11-31-26(33-25)35-13-32-18-6-3-15(9-21(18)35)19-10-30-19;;/h3-6,9-11,13-14,20,30H,1-2,7-8,12H2;2*1H4/t20-;;/m1../s1. The molecule has 206 valence electrons.